The van der Waals surface area contributed by atoms with Crippen LogP contribution in [0.5, 0.6) is 0 Å². The molecule has 1 N–H and O–H groups in total. The van der Waals surface area contributed by atoms with E-state index in [0.717, 1.165) is 18.3 Å². The molecule has 0 heterocycles. The van der Waals surface area contributed by atoms with Gasteiger partial charge in [0.1, 0.15) is 23.5 Å². The molecule has 1 rings (SSSR count). The number of anilines is 1. The van der Waals surface area contributed by atoms with Crippen molar-refractivity contribution in [2.45, 2.75) is 10.7 Å². The number of halogens is 3. The third-order valence-electron chi connectivity index (χ3n) is 2.10. The molecule has 0 atom stereocenters. The Kier molecular flexibility index (Phi) is 4.73. The van der Waals surface area contributed by atoms with Gasteiger partial charge in [-0.25, -0.2) is 12.8 Å². The van der Waals surface area contributed by atoms with Gasteiger partial charge < -0.3 is 5.32 Å². The zero-order valence-electron chi connectivity index (χ0n) is 9.64. The van der Waals surface area contributed by atoms with Gasteiger partial charge in [0.05, 0.1) is 10.6 Å². The van der Waals surface area contributed by atoms with Gasteiger partial charge in [0.25, 0.3) is 0 Å². The SMILES string of the molecule is N#CC(C#N)=CNc1ccc(F)cc1S(=O)(=O)C(F)F. The van der Waals surface area contributed by atoms with Crippen molar-refractivity contribution in [3.63, 3.8) is 0 Å². The zero-order valence-corrected chi connectivity index (χ0v) is 10.5. The lowest BCUT2D eigenvalue weighted by molar-refractivity contribution is 0.235. The lowest BCUT2D eigenvalue weighted by Gasteiger charge is -2.09. The molecule has 0 saturated heterocycles. The first kappa shape index (κ1) is 15.5. The highest BCUT2D eigenvalue weighted by atomic mass is 32.2. The number of nitrogens with zero attached hydrogens (tertiary/aromatic N) is 2. The summed E-state index contributed by atoms with van der Waals surface area (Å²) in [5.74, 6) is -4.74. The Bertz CT molecular complexity index is 714. The molecular weight excluding hydrogens is 295 g/mol. The molecule has 0 saturated carbocycles. The van der Waals surface area contributed by atoms with Crippen LogP contribution in [0.1, 0.15) is 0 Å². The average molecular weight is 301 g/mol. The summed E-state index contributed by atoms with van der Waals surface area (Å²) in [5, 5.41) is 19.2. The molecule has 104 valence electrons. The largest absolute Gasteiger partial charge is 0.359 e. The summed E-state index contributed by atoms with van der Waals surface area (Å²) in [6.45, 7) is 0. The molecule has 9 heteroatoms. The Balaban J connectivity index is 3.34. The number of allylic oxidation sites excluding steroid dienone is 1. The Hall–Kier alpha value is -2.52. The molecule has 1 aromatic rings. The Labute approximate surface area is 112 Å². The summed E-state index contributed by atoms with van der Waals surface area (Å²) in [7, 11) is -5.02. The smallest absolute Gasteiger partial charge is 0.341 e. The van der Waals surface area contributed by atoms with Gasteiger partial charge in [0.2, 0.25) is 9.84 Å². The van der Waals surface area contributed by atoms with Crippen molar-refractivity contribution in [1.29, 1.82) is 10.5 Å². The number of sulfone groups is 1. The molecule has 1 aromatic carbocycles. The standard InChI is InChI=1S/C11H6F3N3O2S/c12-8-1-2-9(17-6-7(4-15)5-16)10(3-8)20(18,19)11(13)14/h1-3,6,11,17H. The minimum atomic E-state index is -5.02. The van der Waals surface area contributed by atoms with Crippen LogP contribution >= 0.6 is 0 Å². The molecule has 0 aliphatic rings. The molecule has 0 radical (unpaired) electrons. The van der Waals surface area contributed by atoms with E-state index in [0.29, 0.717) is 6.07 Å². The monoisotopic (exact) mass is 301 g/mol. The van der Waals surface area contributed by atoms with Gasteiger partial charge in [-0.3, -0.25) is 0 Å². The average Bonchev–Trinajstić information content (AvgIpc) is 2.40. The molecule has 0 aliphatic heterocycles. The highest BCUT2D eigenvalue weighted by Gasteiger charge is 2.29. The van der Waals surface area contributed by atoms with Crippen LogP contribution in [-0.2, 0) is 9.84 Å². The molecular formula is C11H6F3N3O2S. The molecule has 0 aromatic heterocycles. The minimum absolute atomic E-state index is 0.366. The highest BCUT2D eigenvalue weighted by Crippen LogP contribution is 2.27. The number of hydrogen-bond donors (Lipinski definition) is 1. The third kappa shape index (κ3) is 3.28. The van der Waals surface area contributed by atoms with Crippen LogP contribution in [0.4, 0.5) is 18.9 Å². The van der Waals surface area contributed by atoms with E-state index < -0.39 is 31.9 Å². The van der Waals surface area contributed by atoms with E-state index in [4.69, 9.17) is 10.5 Å². The number of benzene rings is 1. The summed E-state index contributed by atoms with van der Waals surface area (Å²) in [5.41, 5.74) is -0.774. The first-order valence-electron chi connectivity index (χ1n) is 4.91. The van der Waals surface area contributed by atoms with Crippen LogP contribution < -0.4 is 5.32 Å². The lowest BCUT2D eigenvalue weighted by atomic mass is 10.3. The van der Waals surface area contributed by atoms with Crippen molar-refractivity contribution >= 4 is 15.5 Å². The first-order chi connectivity index (χ1) is 9.32. The van der Waals surface area contributed by atoms with Crippen LogP contribution in [0.3, 0.4) is 0 Å². The minimum Gasteiger partial charge on any atom is -0.359 e. The van der Waals surface area contributed by atoms with E-state index in [2.05, 4.69) is 5.32 Å². The predicted octanol–water partition coefficient (Wildman–Crippen LogP) is 2.16. The maximum atomic E-state index is 13.0. The fourth-order valence-electron chi connectivity index (χ4n) is 1.19. The summed E-state index contributed by atoms with van der Waals surface area (Å²) < 4.78 is 60.7. The maximum Gasteiger partial charge on any atom is 0.341 e. The van der Waals surface area contributed by atoms with Crippen molar-refractivity contribution in [2.24, 2.45) is 0 Å². The van der Waals surface area contributed by atoms with Crippen molar-refractivity contribution in [1.82, 2.24) is 0 Å². The second kappa shape index (κ2) is 6.08. The second-order valence-electron chi connectivity index (χ2n) is 3.37. The summed E-state index contributed by atoms with van der Waals surface area (Å²) >= 11 is 0. The van der Waals surface area contributed by atoms with Crippen molar-refractivity contribution in [3.8, 4) is 12.1 Å². The summed E-state index contributed by atoms with van der Waals surface area (Å²) in [4.78, 5) is -0.959. The Morgan fingerprint density at radius 1 is 1.30 bits per heavy atom. The van der Waals surface area contributed by atoms with Crippen molar-refractivity contribution < 1.29 is 21.6 Å². The molecule has 0 spiro atoms. The zero-order chi connectivity index (χ0) is 15.3. The van der Waals surface area contributed by atoms with E-state index in [1.807, 2.05) is 0 Å². The van der Waals surface area contributed by atoms with Gasteiger partial charge in [0, 0.05) is 6.20 Å². The van der Waals surface area contributed by atoms with Gasteiger partial charge in [-0.05, 0) is 18.2 Å². The van der Waals surface area contributed by atoms with E-state index in [1.165, 1.54) is 12.1 Å². The molecule has 0 aliphatic carbocycles. The van der Waals surface area contributed by atoms with Crippen LogP contribution in [0, 0.1) is 28.5 Å². The van der Waals surface area contributed by atoms with Crippen LogP contribution in [0.25, 0.3) is 0 Å². The van der Waals surface area contributed by atoms with E-state index in [-0.39, 0.29) is 5.69 Å². The topological polar surface area (TPSA) is 93.8 Å². The molecule has 0 unspecified atom stereocenters. The summed E-state index contributed by atoms with van der Waals surface area (Å²) in [6, 6.07) is 5.14. The Morgan fingerprint density at radius 2 is 1.90 bits per heavy atom. The first-order valence-corrected chi connectivity index (χ1v) is 6.46. The number of hydrogen-bond acceptors (Lipinski definition) is 5. The fraction of sp³-hybridized carbons (Fsp3) is 0.0909. The lowest BCUT2D eigenvalue weighted by Crippen LogP contribution is -2.13. The third-order valence-corrected chi connectivity index (χ3v) is 3.52. The van der Waals surface area contributed by atoms with Gasteiger partial charge in [-0.1, -0.05) is 0 Å². The maximum absolute atomic E-state index is 13.0. The quantitative estimate of drug-likeness (QED) is 0.860. The molecule has 0 fully saturated rings. The van der Waals surface area contributed by atoms with Gasteiger partial charge >= 0.3 is 5.76 Å². The van der Waals surface area contributed by atoms with Crippen LogP contribution in [0.15, 0.2) is 34.9 Å². The van der Waals surface area contributed by atoms with Crippen LogP contribution in [-0.4, -0.2) is 14.2 Å². The number of nitriles is 2. The molecule has 20 heavy (non-hydrogen) atoms. The summed E-state index contributed by atoms with van der Waals surface area (Å²) in [6.07, 6.45) is 0.831. The van der Waals surface area contributed by atoms with E-state index in [9.17, 15) is 21.6 Å². The molecule has 0 amide bonds. The van der Waals surface area contributed by atoms with E-state index in [1.54, 1.807) is 0 Å². The number of alkyl halides is 2. The van der Waals surface area contributed by atoms with Gasteiger partial charge in [-0.15, -0.1) is 0 Å². The number of nitrogens with one attached hydrogen (secondary N) is 1. The fourth-order valence-corrected chi connectivity index (χ4v) is 2.09. The molecule has 0 bridgehead atoms. The number of rotatable bonds is 4. The van der Waals surface area contributed by atoms with Gasteiger partial charge in [-0.2, -0.15) is 19.3 Å². The highest BCUT2D eigenvalue weighted by molar-refractivity contribution is 7.91. The normalized spacial score (nSPS) is 10.5. The van der Waals surface area contributed by atoms with Crippen molar-refractivity contribution in [3.05, 3.63) is 35.8 Å². The molecule has 5 nitrogen and oxygen atoms in total. The predicted molar refractivity (Wildman–Crippen MR) is 62.5 cm³/mol. The van der Waals surface area contributed by atoms with Crippen molar-refractivity contribution in [2.75, 3.05) is 5.32 Å². The second-order valence-corrected chi connectivity index (χ2v) is 5.26. The van der Waals surface area contributed by atoms with Crippen LogP contribution in [0.2, 0.25) is 0 Å². The van der Waals surface area contributed by atoms with Gasteiger partial charge in [0.15, 0.2) is 0 Å². The Morgan fingerprint density at radius 3 is 2.40 bits per heavy atom. The van der Waals surface area contributed by atoms with E-state index >= 15 is 0 Å².